The highest BCUT2D eigenvalue weighted by molar-refractivity contribution is 5.82. The van der Waals surface area contributed by atoms with Gasteiger partial charge in [-0.15, -0.1) is 0 Å². The molecule has 2 aliphatic rings. The molecule has 3 nitrogen and oxygen atoms in total. The molecule has 1 saturated heterocycles. The Morgan fingerprint density at radius 3 is 2.83 bits per heavy atom. The van der Waals surface area contributed by atoms with Gasteiger partial charge in [0.25, 0.3) is 0 Å². The molecule has 1 amide bonds. The van der Waals surface area contributed by atoms with Crippen molar-refractivity contribution in [1.29, 1.82) is 0 Å². The molecule has 3 heteroatoms. The number of fused-ring (bicyclic) bond motifs is 1. The second-order valence-corrected chi connectivity index (χ2v) is 5.58. The fourth-order valence-corrected chi connectivity index (χ4v) is 2.98. The van der Waals surface area contributed by atoms with E-state index in [2.05, 4.69) is 36.5 Å². The molecule has 1 aromatic rings. The average Bonchev–Trinajstić information content (AvgIpc) is 2.84. The zero-order chi connectivity index (χ0) is 12.5. The Balaban J connectivity index is 1.70. The summed E-state index contributed by atoms with van der Waals surface area (Å²) in [6, 6.07) is 8.38. The van der Waals surface area contributed by atoms with E-state index in [1.807, 2.05) is 4.90 Å². The third kappa shape index (κ3) is 2.15. The van der Waals surface area contributed by atoms with E-state index >= 15 is 0 Å². The maximum Gasteiger partial charge on any atom is 0.240 e. The first-order valence-electron chi connectivity index (χ1n) is 6.83. The standard InChI is InChI=1S/C15H20N2O/c1-11-6-7-17(10-11)15(18)14-8-12-4-2-3-5-13(12)9-16-14/h2-5,11,14,16H,6-10H2,1H3/t11?,14-/m0/s1. The van der Waals surface area contributed by atoms with E-state index in [9.17, 15) is 4.79 Å². The van der Waals surface area contributed by atoms with Crippen LogP contribution < -0.4 is 5.32 Å². The average molecular weight is 244 g/mol. The van der Waals surface area contributed by atoms with Crippen LogP contribution in [0.1, 0.15) is 24.5 Å². The van der Waals surface area contributed by atoms with Crippen molar-refractivity contribution in [2.45, 2.75) is 32.4 Å². The zero-order valence-corrected chi connectivity index (χ0v) is 10.9. The monoisotopic (exact) mass is 244 g/mol. The van der Waals surface area contributed by atoms with Crippen LogP contribution in [0.4, 0.5) is 0 Å². The lowest BCUT2D eigenvalue weighted by Crippen LogP contribution is -2.48. The lowest BCUT2D eigenvalue weighted by Gasteiger charge is -2.28. The summed E-state index contributed by atoms with van der Waals surface area (Å²) in [5.41, 5.74) is 2.65. The van der Waals surface area contributed by atoms with E-state index in [-0.39, 0.29) is 11.9 Å². The van der Waals surface area contributed by atoms with Gasteiger partial charge in [-0.25, -0.2) is 0 Å². The van der Waals surface area contributed by atoms with Gasteiger partial charge in [-0.05, 0) is 29.9 Å². The van der Waals surface area contributed by atoms with Gasteiger partial charge in [0.05, 0.1) is 6.04 Å². The number of hydrogen-bond donors (Lipinski definition) is 1. The van der Waals surface area contributed by atoms with E-state index < -0.39 is 0 Å². The first-order chi connectivity index (χ1) is 8.74. The molecule has 1 unspecified atom stereocenters. The van der Waals surface area contributed by atoms with Crippen LogP contribution in [0.25, 0.3) is 0 Å². The van der Waals surface area contributed by atoms with Gasteiger partial charge in [-0.1, -0.05) is 31.2 Å². The fraction of sp³-hybridized carbons (Fsp3) is 0.533. The van der Waals surface area contributed by atoms with Crippen LogP contribution in [0.2, 0.25) is 0 Å². The molecule has 2 heterocycles. The van der Waals surface area contributed by atoms with Gasteiger partial charge in [-0.3, -0.25) is 4.79 Å². The number of nitrogens with one attached hydrogen (secondary N) is 1. The molecular formula is C15H20N2O. The second kappa shape index (κ2) is 4.73. The smallest absolute Gasteiger partial charge is 0.240 e. The Morgan fingerprint density at radius 1 is 1.33 bits per heavy atom. The number of nitrogens with zero attached hydrogens (tertiary/aromatic N) is 1. The van der Waals surface area contributed by atoms with Crippen molar-refractivity contribution >= 4 is 5.91 Å². The summed E-state index contributed by atoms with van der Waals surface area (Å²) in [5.74, 6) is 0.943. The number of benzene rings is 1. The van der Waals surface area contributed by atoms with Gasteiger partial charge in [0.1, 0.15) is 0 Å². The highest BCUT2D eigenvalue weighted by Crippen LogP contribution is 2.20. The number of amides is 1. The molecule has 0 spiro atoms. The van der Waals surface area contributed by atoms with Crippen molar-refractivity contribution < 1.29 is 4.79 Å². The molecule has 0 saturated carbocycles. The summed E-state index contributed by atoms with van der Waals surface area (Å²) in [6.45, 7) is 4.89. The third-order valence-corrected chi connectivity index (χ3v) is 4.11. The largest absolute Gasteiger partial charge is 0.341 e. The molecule has 96 valence electrons. The Kier molecular flexibility index (Phi) is 3.08. The number of carbonyl (C=O) groups excluding carboxylic acids is 1. The molecule has 2 aliphatic heterocycles. The predicted molar refractivity (Wildman–Crippen MR) is 71.1 cm³/mol. The molecular weight excluding hydrogens is 224 g/mol. The van der Waals surface area contributed by atoms with Crippen LogP contribution >= 0.6 is 0 Å². The highest BCUT2D eigenvalue weighted by atomic mass is 16.2. The van der Waals surface area contributed by atoms with Crippen LogP contribution in [0.3, 0.4) is 0 Å². The van der Waals surface area contributed by atoms with E-state index in [1.165, 1.54) is 11.1 Å². The summed E-state index contributed by atoms with van der Waals surface area (Å²) in [7, 11) is 0. The molecule has 1 fully saturated rings. The van der Waals surface area contributed by atoms with Gasteiger partial charge in [-0.2, -0.15) is 0 Å². The molecule has 0 bridgehead atoms. The first kappa shape index (κ1) is 11.7. The third-order valence-electron chi connectivity index (χ3n) is 4.11. The van der Waals surface area contributed by atoms with E-state index in [0.29, 0.717) is 5.92 Å². The van der Waals surface area contributed by atoms with E-state index in [4.69, 9.17) is 0 Å². The van der Waals surface area contributed by atoms with Gasteiger partial charge in [0.2, 0.25) is 5.91 Å². The maximum atomic E-state index is 12.4. The van der Waals surface area contributed by atoms with Crippen molar-refractivity contribution in [1.82, 2.24) is 10.2 Å². The summed E-state index contributed by atoms with van der Waals surface area (Å²) in [5, 5.41) is 3.38. The van der Waals surface area contributed by atoms with Crippen LogP contribution in [0, 0.1) is 5.92 Å². The SMILES string of the molecule is CC1CCN(C(=O)[C@@H]2Cc3ccccc3CN2)C1. The van der Waals surface area contributed by atoms with Gasteiger partial charge < -0.3 is 10.2 Å². The molecule has 1 N–H and O–H groups in total. The minimum absolute atomic E-state index is 0.0230. The maximum absolute atomic E-state index is 12.4. The van der Waals surface area contributed by atoms with Crippen LogP contribution in [-0.2, 0) is 17.8 Å². The molecule has 0 aliphatic carbocycles. The van der Waals surface area contributed by atoms with Gasteiger partial charge >= 0.3 is 0 Å². The van der Waals surface area contributed by atoms with Crippen LogP contribution in [-0.4, -0.2) is 29.9 Å². The quantitative estimate of drug-likeness (QED) is 0.813. The van der Waals surface area contributed by atoms with E-state index in [0.717, 1.165) is 32.5 Å². The lowest BCUT2D eigenvalue weighted by atomic mass is 9.95. The summed E-state index contributed by atoms with van der Waals surface area (Å²) in [4.78, 5) is 14.4. The normalized spacial score (nSPS) is 27.1. The second-order valence-electron chi connectivity index (χ2n) is 5.58. The fourth-order valence-electron chi connectivity index (χ4n) is 2.98. The van der Waals surface area contributed by atoms with Crippen molar-refractivity contribution in [3.63, 3.8) is 0 Å². The van der Waals surface area contributed by atoms with Crippen LogP contribution in [0.5, 0.6) is 0 Å². The van der Waals surface area contributed by atoms with Crippen molar-refractivity contribution in [2.24, 2.45) is 5.92 Å². The van der Waals surface area contributed by atoms with E-state index in [1.54, 1.807) is 0 Å². The summed E-state index contributed by atoms with van der Waals surface area (Å²) in [6.07, 6.45) is 1.98. The predicted octanol–water partition coefficient (Wildman–Crippen LogP) is 1.57. The number of likely N-dealkylation sites (tertiary alicyclic amines) is 1. The van der Waals surface area contributed by atoms with Crippen LogP contribution in [0.15, 0.2) is 24.3 Å². The Morgan fingerprint density at radius 2 is 2.11 bits per heavy atom. The van der Waals surface area contributed by atoms with Crippen molar-refractivity contribution in [2.75, 3.05) is 13.1 Å². The molecule has 0 aromatic heterocycles. The topological polar surface area (TPSA) is 32.3 Å². The minimum Gasteiger partial charge on any atom is -0.341 e. The van der Waals surface area contributed by atoms with Crippen molar-refractivity contribution in [3.05, 3.63) is 35.4 Å². The molecule has 18 heavy (non-hydrogen) atoms. The number of rotatable bonds is 1. The number of hydrogen-bond acceptors (Lipinski definition) is 2. The molecule has 0 radical (unpaired) electrons. The Labute approximate surface area is 108 Å². The lowest BCUT2D eigenvalue weighted by molar-refractivity contribution is -0.132. The summed E-state index contributed by atoms with van der Waals surface area (Å²) >= 11 is 0. The van der Waals surface area contributed by atoms with Gasteiger partial charge in [0.15, 0.2) is 0 Å². The van der Waals surface area contributed by atoms with Gasteiger partial charge in [0, 0.05) is 19.6 Å². The number of carbonyl (C=O) groups is 1. The minimum atomic E-state index is -0.0230. The molecule has 1 aromatic carbocycles. The summed E-state index contributed by atoms with van der Waals surface area (Å²) < 4.78 is 0. The van der Waals surface area contributed by atoms with Crippen molar-refractivity contribution in [3.8, 4) is 0 Å². The molecule has 3 rings (SSSR count). The molecule has 2 atom stereocenters. The Bertz CT molecular complexity index is 458. The first-order valence-corrected chi connectivity index (χ1v) is 6.83. The Hall–Kier alpha value is -1.35. The highest BCUT2D eigenvalue weighted by Gasteiger charge is 2.31. The zero-order valence-electron chi connectivity index (χ0n) is 10.9.